The zero-order valence-electron chi connectivity index (χ0n) is 12.0. The van der Waals surface area contributed by atoms with Crippen molar-refractivity contribution in [1.82, 2.24) is 15.2 Å². The Hall–Kier alpha value is -1.94. The molecular weight excluding hydrogens is 268 g/mol. The molecule has 21 heavy (non-hydrogen) atoms. The average molecular weight is 288 g/mol. The summed E-state index contributed by atoms with van der Waals surface area (Å²) in [7, 11) is 0. The van der Waals surface area contributed by atoms with Crippen molar-refractivity contribution in [2.24, 2.45) is 5.73 Å². The summed E-state index contributed by atoms with van der Waals surface area (Å²) < 4.78 is 5.29. The van der Waals surface area contributed by atoms with Crippen LogP contribution in [0.5, 0.6) is 0 Å². The molecule has 1 saturated heterocycles. The number of nitrogens with zero attached hydrogens (tertiary/aromatic N) is 2. The SMILES string of the molecule is NCC#Cc1cnccc1C(=O)NCCN1CCOCC1. The second-order valence-corrected chi connectivity index (χ2v) is 4.64. The minimum absolute atomic E-state index is 0.132. The zero-order valence-corrected chi connectivity index (χ0v) is 12.0. The highest BCUT2D eigenvalue weighted by Crippen LogP contribution is 2.05. The van der Waals surface area contributed by atoms with E-state index in [0.29, 0.717) is 17.7 Å². The van der Waals surface area contributed by atoms with Crippen molar-refractivity contribution < 1.29 is 9.53 Å². The van der Waals surface area contributed by atoms with E-state index in [1.807, 2.05) is 0 Å². The van der Waals surface area contributed by atoms with Crippen LogP contribution in [0, 0.1) is 11.8 Å². The fraction of sp³-hybridized carbons (Fsp3) is 0.467. The fourth-order valence-electron chi connectivity index (χ4n) is 2.09. The molecule has 1 amide bonds. The lowest BCUT2D eigenvalue weighted by Gasteiger charge is -2.26. The third kappa shape index (κ3) is 4.83. The van der Waals surface area contributed by atoms with E-state index in [0.717, 1.165) is 32.8 Å². The molecule has 1 fully saturated rings. The molecule has 0 unspecified atom stereocenters. The van der Waals surface area contributed by atoms with Crippen LogP contribution in [-0.2, 0) is 4.74 Å². The van der Waals surface area contributed by atoms with E-state index in [1.165, 1.54) is 0 Å². The second kappa shape index (κ2) is 8.37. The van der Waals surface area contributed by atoms with E-state index in [2.05, 4.69) is 27.0 Å². The Balaban J connectivity index is 1.88. The Morgan fingerprint density at radius 2 is 2.29 bits per heavy atom. The van der Waals surface area contributed by atoms with E-state index >= 15 is 0 Å². The van der Waals surface area contributed by atoms with Crippen LogP contribution >= 0.6 is 0 Å². The number of carbonyl (C=O) groups is 1. The smallest absolute Gasteiger partial charge is 0.252 e. The molecule has 0 atom stereocenters. The Morgan fingerprint density at radius 3 is 3.05 bits per heavy atom. The summed E-state index contributed by atoms with van der Waals surface area (Å²) in [5.74, 6) is 5.48. The number of amides is 1. The van der Waals surface area contributed by atoms with Crippen LogP contribution in [0.3, 0.4) is 0 Å². The molecule has 0 radical (unpaired) electrons. The van der Waals surface area contributed by atoms with Gasteiger partial charge in [0.1, 0.15) is 0 Å². The van der Waals surface area contributed by atoms with Crippen LogP contribution in [0.2, 0.25) is 0 Å². The number of aromatic nitrogens is 1. The first-order valence-electron chi connectivity index (χ1n) is 7.02. The monoisotopic (exact) mass is 288 g/mol. The minimum atomic E-state index is -0.132. The van der Waals surface area contributed by atoms with Gasteiger partial charge in [-0.2, -0.15) is 0 Å². The number of morpholine rings is 1. The summed E-state index contributed by atoms with van der Waals surface area (Å²) in [5.41, 5.74) is 6.49. The van der Waals surface area contributed by atoms with E-state index in [9.17, 15) is 4.79 Å². The second-order valence-electron chi connectivity index (χ2n) is 4.64. The van der Waals surface area contributed by atoms with Crippen molar-refractivity contribution in [3.05, 3.63) is 29.6 Å². The van der Waals surface area contributed by atoms with E-state index in [-0.39, 0.29) is 12.5 Å². The number of hydrogen-bond donors (Lipinski definition) is 2. The summed E-state index contributed by atoms with van der Waals surface area (Å²) in [6.45, 7) is 5.03. The van der Waals surface area contributed by atoms with Crippen molar-refractivity contribution in [1.29, 1.82) is 0 Å². The Morgan fingerprint density at radius 1 is 1.48 bits per heavy atom. The Kier molecular flexibility index (Phi) is 6.16. The van der Waals surface area contributed by atoms with E-state index < -0.39 is 0 Å². The highest BCUT2D eigenvalue weighted by molar-refractivity contribution is 5.96. The van der Waals surface area contributed by atoms with Crippen LogP contribution in [0.4, 0.5) is 0 Å². The van der Waals surface area contributed by atoms with E-state index in [1.54, 1.807) is 18.5 Å². The van der Waals surface area contributed by atoms with Gasteiger partial charge in [-0.1, -0.05) is 11.8 Å². The topological polar surface area (TPSA) is 80.5 Å². The van der Waals surface area contributed by atoms with Crippen molar-refractivity contribution in [3.8, 4) is 11.8 Å². The molecule has 0 saturated carbocycles. The molecule has 1 aromatic rings. The molecule has 6 heteroatoms. The number of rotatable bonds is 4. The molecule has 3 N–H and O–H groups in total. The predicted octanol–water partition coefficient (Wildman–Crippen LogP) is -0.546. The summed E-state index contributed by atoms with van der Waals surface area (Å²) in [6, 6.07) is 1.67. The number of nitrogens with one attached hydrogen (secondary N) is 1. The summed E-state index contributed by atoms with van der Waals surface area (Å²) in [6.07, 6.45) is 3.17. The minimum Gasteiger partial charge on any atom is -0.379 e. The van der Waals surface area contributed by atoms with Crippen molar-refractivity contribution >= 4 is 5.91 Å². The third-order valence-corrected chi connectivity index (χ3v) is 3.21. The van der Waals surface area contributed by atoms with Crippen LogP contribution in [0.15, 0.2) is 18.5 Å². The molecule has 0 aromatic carbocycles. The molecule has 2 rings (SSSR count). The van der Waals surface area contributed by atoms with Gasteiger partial charge in [-0.15, -0.1) is 0 Å². The van der Waals surface area contributed by atoms with Gasteiger partial charge >= 0.3 is 0 Å². The largest absolute Gasteiger partial charge is 0.379 e. The fourth-order valence-corrected chi connectivity index (χ4v) is 2.09. The van der Waals surface area contributed by atoms with E-state index in [4.69, 9.17) is 10.5 Å². The standard InChI is InChI=1S/C15H20N4O2/c16-4-1-2-13-12-17-5-3-14(13)15(20)18-6-7-19-8-10-21-11-9-19/h3,5,12H,4,6-11,16H2,(H,18,20). The van der Waals surface area contributed by atoms with Gasteiger partial charge in [0.15, 0.2) is 0 Å². The van der Waals surface area contributed by atoms with Crippen LogP contribution in [0.1, 0.15) is 15.9 Å². The molecule has 0 spiro atoms. The first-order valence-corrected chi connectivity index (χ1v) is 7.02. The van der Waals surface area contributed by atoms with Gasteiger partial charge in [0.25, 0.3) is 5.91 Å². The molecule has 2 heterocycles. The van der Waals surface area contributed by atoms with Crippen LogP contribution in [0.25, 0.3) is 0 Å². The Bertz CT molecular complexity index is 530. The first kappa shape index (κ1) is 15.4. The molecule has 1 aliphatic rings. The highest BCUT2D eigenvalue weighted by atomic mass is 16.5. The normalized spacial score (nSPS) is 15.1. The highest BCUT2D eigenvalue weighted by Gasteiger charge is 2.12. The van der Waals surface area contributed by atoms with Gasteiger partial charge < -0.3 is 15.8 Å². The molecule has 6 nitrogen and oxygen atoms in total. The summed E-state index contributed by atoms with van der Waals surface area (Å²) >= 11 is 0. The maximum atomic E-state index is 12.2. The summed E-state index contributed by atoms with van der Waals surface area (Å²) in [4.78, 5) is 18.4. The average Bonchev–Trinajstić information content (AvgIpc) is 2.54. The molecule has 0 aliphatic carbocycles. The maximum absolute atomic E-state index is 12.2. The maximum Gasteiger partial charge on any atom is 0.252 e. The van der Waals surface area contributed by atoms with Crippen molar-refractivity contribution in [3.63, 3.8) is 0 Å². The van der Waals surface area contributed by atoms with Gasteiger partial charge in [-0.3, -0.25) is 14.7 Å². The van der Waals surface area contributed by atoms with Gasteiger partial charge in [0.05, 0.1) is 30.9 Å². The van der Waals surface area contributed by atoms with Crippen LogP contribution in [-0.4, -0.2) is 61.7 Å². The molecular formula is C15H20N4O2. The number of hydrogen-bond acceptors (Lipinski definition) is 5. The zero-order chi connectivity index (χ0) is 14.9. The summed E-state index contributed by atoms with van der Waals surface area (Å²) in [5, 5.41) is 2.91. The van der Waals surface area contributed by atoms with Crippen molar-refractivity contribution in [2.75, 3.05) is 45.9 Å². The van der Waals surface area contributed by atoms with Crippen LogP contribution < -0.4 is 11.1 Å². The van der Waals surface area contributed by atoms with Gasteiger partial charge in [0.2, 0.25) is 0 Å². The predicted molar refractivity (Wildman–Crippen MR) is 79.8 cm³/mol. The molecule has 1 aliphatic heterocycles. The Labute approximate surface area is 124 Å². The lowest BCUT2D eigenvalue weighted by Crippen LogP contribution is -2.41. The molecule has 112 valence electrons. The molecule has 1 aromatic heterocycles. The lowest BCUT2D eigenvalue weighted by atomic mass is 10.1. The third-order valence-electron chi connectivity index (χ3n) is 3.21. The first-order chi connectivity index (χ1) is 10.3. The van der Waals surface area contributed by atoms with Gasteiger partial charge in [-0.05, 0) is 6.07 Å². The molecule has 0 bridgehead atoms. The quantitative estimate of drug-likeness (QED) is 0.727. The van der Waals surface area contributed by atoms with Gasteiger partial charge in [-0.25, -0.2) is 0 Å². The lowest BCUT2D eigenvalue weighted by molar-refractivity contribution is 0.0383. The number of nitrogens with two attached hydrogens (primary N) is 1. The number of ether oxygens (including phenoxy) is 1. The number of carbonyl (C=O) groups excluding carboxylic acids is 1. The number of pyridine rings is 1. The van der Waals surface area contributed by atoms with Gasteiger partial charge in [0, 0.05) is 38.6 Å². The van der Waals surface area contributed by atoms with Crippen molar-refractivity contribution in [2.45, 2.75) is 0 Å².